The third kappa shape index (κ3) is 13.5. The lowest BCUT2D eigenvalue weighted by molar-refractivity contribution is 0.0529. The van der Waals surface area contributed by atoms with Gasteiger partial charge in [-0.3, -0.25) is 4.99 Å². The highest BCUT2D eigenvalue weighted by Gasteiger charge is 2.15. The number of alkyl carbamates (subject to hydrolysis) is 1. The number of guanidine groups is 1. The van der Waals surface area contributed by atoms with E-state index in [2.05, 4.69) is 39.9 Å². The van der Waals surface area contributed by atoms with Crippen molar-refractivity contribution in [3.63, 3.8) is 0 Å². The van der Waals surface area contributed by atoms with Gasteiger partial charge < -0.3 is 25.6 Å². The van der Waals surface area contributed by atoms with E-state index in [4.69, 9.17) is 4.74 Å². The number of amides is 1. The fourth-order valence-corrected chi connectivity index (χ4v) is 1.58. The van der Waals surface area contributed by atoms with E-state index in [1.54, 1.807) is 0 Å². The second-order valence-corrected chi connectivity index (χ2v) is 6.27. The Bertz CT molecular complexity index is 337. The molecule has 0 radical (unpaired) electrons. The number of nitrogens with one attached hydrogen (secondary N) is 3. The first-order valence-electron chi connectivity index (χ1n) is 7.88. The predicted octanol–water partition coefficient (Wildman–Crippen LogP) is 1.02. The molecule has 0 atom stereocenters. The van der Waals surface area contributed by atoms with Crippen LogP contribution in [0.25, 0.3) is 0 Å². The maximum atomic E-state index is 11.5. The molecular weight excluding hydrogens is 282 g/mol. The lowest BCUT2D eigenvalue weighted by atomic mass is 10.2. The standard InChI is InChI=1S/C15H33N5O2/c1-7-16-13(17-9-8-12-20(5)6)18-10-11-19-14(21)22-15(2,3)4/h7-12H2,1-6H3,(H,19,21)(H2,16,17,18). The molecule has 0 aliphatic carbocycles. The third-order valence-corrected chi connectivity index (χ3v) is 2.46. The first-order chi connectivity index (χ1) is 10.2. The van der Waals surface area contributed by atoms with Gasteiger partial charge in [-0.2, -0.15) is 0 Å². The molecule has 1 amide bonds. The van der Waals surface area contributed by atoms with Crippen molar-refractivity contribution in [2.24, 2.45) is 4.99 Å². The highest BCUT2D eigenvalue weighted by molar-refractivity contribution is 5.79. The van der Waals surface area contributed by atoms with Gasteiger partial charge in [0.05, 0.1) is 0 Å². The van der Waals surface area contributed by atoms with Crippen molar-refractivity contribution >= 4 is 12.1 Å². The molecular formula is C15H33N5O2. The number of hydrogen-bond acceptors (Lipinski definition) is 4. The highest BCUT2D eigenvalue weighted by atomic mass is 16.6. The van der Waals surface area contributed by atoms with Crippen molar-refractivity contribution < 1.29 is 9.53 Å². The zero-order valence-corrected chi connectivity index (χ0v) is 15.0. The summed E-state index contributed by atoms with van der Waals surface area (Å²) in [5.41, 5.74) is -0.472. The number of hydrogen-bond donors (Lipinski definition) is 3. The van der Waals surface area contributed by atoms with Gasteiger partial charge in [0.2, 0.25) is 0 Å². The highest BCUT2D eigenvalue weighted by Crippen LogP contribution is 2.05. The van der Waals surface area contributed by atoms with Gasteiger partial charge in [-0.25, -0.2) is 4.79 Å². The van der Waals surface area contributed by atoms with Gasteiger partial charge in [-0.15, -0.1) is 0 Å². The average molecular weight is 315 g/mol. The zero-order chi connectivity index (χ0) is 17.0. The van der Waals surface area contributed by atoms with Crippen LogP contribution in [0.4, 0.5) is 4.79 Å². The van der Waals surface area contributed by atoms with E-state index in [0.717, 1.165) is 32.0 Å². The first kappa shape index (κ1) is 20.5. The van der Waals surface area contributed by atoms with Crippen LogP contribution in [0.1, 0.15) is 34.1 Å². The zero-order valence-electron chi connectivity index (χ0n) is 15.0. The molecule has 0 bridgehead atoms. The maximum Gasteiger partial charge on any atom is 0.407 e. The maximum absolute atomic E-state index is 11.5. The number of carbonyl (C=O) groups is 1. The van der Waals surface area contributed by atoms with Gasteiger partial charge in [0.1, 0.15) is 5.60 Å². The summed E-state index contributed by atoms with van der Waals surface area (Å²) in [4.78, 5) is 18.1. The van der Waals surface area contributed by atoms with Crippen molar-refractivity contribution in [1.82, 2.24) is 20.9 Å². The second-order valence-electron chi connectivity index (χ2n) is 6.27. The van der Waals surface area contributed by atoms with Gasteiger partial charge in [0.25, 0.3) is 0 Å². The quantitative estimate of drug-likeness (QED) is 0.354. The Labute approximate surface area is 134 Å². The minimum atomic E-state index is -0.472. The van der Waals surface area contributed by atoms with E-state index in [-0.39, 0.29) is 0 Å². The summed E-state index contributed by atoms with van der Waals surface area (Å²) >= 11 is 0. The smallest absolute Gasteiger partial charge is 0.407 e. The first-order valence-corrected chi connectivity index (χ1v) is 7.88. The monoisotopic (exact) mass is 315 g/mol. The molecule has 0 rings (SSSR count). The number of aliphatic imine (C=N–C) groups is 1. The second kappa shape index (κ2) is 11.1. The Kier molecular flexibility index (Phi) is 10.4. The van der Waals surface area contributed by atoms with Crippen LogP contribution in [-0.4, -0.2) is 69.4 Å². The van der Waals surface area contributed by atoms with E-state index in [0.29, 0.717) is 13.1 Å². The van der Waals surface area contributed by atoms with Gasteiger partial charge >= 0.3 is 6.09 Å². The van der Waals surface area contributed by atoms with Crippen molar-refractivity contribution in [2.45, 2.75) is 39.7 Å². The van der Waals surface area contributed by atoms with Crippen molar-refractivity contribution in [1.29, 1.82) is 0 Å². The van der Waals surface area contributed by atoms with E-state index >= 15 is 0 Å². The van der Waals surface area contributed by atoms with Crippen LogP contribution in [-0.2, 0) is 4.74 Å². The van der Waals surface area contributed by atoms with E-state index in [1.165, 1.54) is 0 Å². The van der Waals surface area contributed by atoms with Crippen LogP contribution in [0.5, 0.6) is 0 Å². The summed E-state index contributed by atoms with van der Waals surface area (Å²) in [5, 5.41) is 9.07. The average Bonchev–Trinajstić information content (AvgIpc) is 2.37. The Morgan fingerprint density at radius 1 is 1.14 bits per heavy atom. The van der Waals surface area contributed by atoms with Crippen LogP contribution in [0, 0.1) is 0 Å². The summed E-state index contributed by atoms with van der Waals surface area (Å²) in [5.74, 6) is 0.771. The summed E-state index contributed by atoms with van der Waals surface area (Å²) < 4.78 is 5.17. The molecule has 0 unspecified atom stereocenters. The van der Waals surface area contributed by atoms with Gasteiger partial charge in [-0.1, -0.05) is 0 Å². The summed E-state index contributed by atoms with van der Waals surface area (Å²) in [6.07, 6.45) is 0.613. The molecule has 7 nitrogen and oxygen atoms in total. The number of rotatable bonds is 8. The van der Waals surface area contributed by atoms with Crippen LogP contribution < -0.4 is 16.0 Å². The predicted molar refractivity (Wildman–Crippen MR) is 91.4 cm³/mol. The van der Waals surface area contributed by atoms with E-state index in [9.17, 15) is 4.79 Å². The summed E-state index contributed by atoms with van der Waals surface area (Å²) in [6, 6.07) is 0. The fourth-order valence-electron chi connectivity index (χ4n) is 1.58. The molecule has 0 aromatic heterocycles. The van der Waals surface area contributed by atoms with Gasteiger partial charge in [-0.05, 0) is 54.8 Å². The third-order valence-electron chi connectivity index (χ3n) is 2.46. The lowest BCUT2D eigenvalue weighted by Crippen LogP contribution is -2.42. The molecule has 0 aromatic carbocycles. The van der Waals surface area contributed by atoms with E-state index < -0.39 is 11.7 Å². The molecule has 3 N–H and O–H groups in total. The molecule has 130 valence electrons. The van der Waals surface area contributed by atoms with Crippen molar-refractivity contribution in [3.8, 4) is 0 Å². The molecule has 0 fully saturated rings. The topological polar surface area (TPSA) is 78.0 Å². The van der Waals surface area contributed by atoms with Crippen LogP contribution in [0.15, 0.2) is 4.99 Å². The minimum absolute atomic E-state index is 0.401. The molecule has 0 aromatic rings. The van der Waals surface area contributed by atoms with E-state index in [1.807, 2.05) is 27.7 Å². The largest absolute Gasteiger partial charge is 0.444 e. The molecule has 0 spiro atoms. The SMILES string of the molecule is CCNC(=NCCCN(C)C)NCCNC(=O)OC(C)(C)C. The molecule has 7 heteroatoms. The van der Waals surface area contributed by atoms with Crippen LogP contribution in [0.3, 0.4) is 0 Å². The number of ether oxygens (including phenoxy) is 1. The molecule has 0 aliphatic heterocycles. The molecule has 0 saturated heterocycles. The molecule has 22 heavy (non-hydrogen) atoms. The van der Waals surface area contributed by atoms with Gasteiger partial charge in [0.15, 0.2) is 5.96 Å². The number of nitrogens with zero attached hydrogens (tertiary/aromatic N) is 2. The normalized spacial score (nSPS) is 12.2. The molecule has 0 heterocycles. The Hall–Kier alpha value is -1.50. The summed E-state index contributed by atoms with van der Waals surface area (Å²) in [7, 11) is 4.10. The van der Waals surface area contributed by atoms with Crippen molar-refractivity contribution in [2.75, 3.05) is 46.8 Å². The Morgan fingerprint density at radius 2 is 1.77 bits per heavy atom. The summed E-state index contributed by atoms with van der Waals surface area (Å²) in [6.45, 7) is 11.2. The van der Waals surface area contributed by atoms with Crippen molar-refractivity contribution in [3.05, 3.63) is 0 Å². The van der Waals surface area contributed by atoms with Crippen LogP contribution in [0.2, 0.25) is 0 Å². The lowest BCUT2D eigenvalue weighted by Gasteiger charge is -2.20. The molecule has 0 saturated carbocycles. The van der Waals surface area contributed by atoms with Crippen LogP contribution >= 0.6 is 0 Å². The van der Waals surface area contributed by atoms with Gasteiger partial charge in [0, 0.05) is 26.2 Å². The Balaban J connectivity index is 3.94. The fraction of sp³-hybridized carbons (Fsp3) is 0.867. The Morgan fingerprint density at radius 3 is 2.32 bits per heavy atom. The number of carbonyl (C=O) groups excluding carboxylic acids is 1. The minimum Gasteiger partial charge on any atom is -0.444 e. The molecule has 0 aliphatic rings.